The van der Waals surface area contributed by atoms with Crippen LogP contribution in [0.25, 0.3) is 10.1 Å². The topological polar surface area (TPSA) is 20.2 Å². The molecule has 2 heteroatoms. The molecule has 20 heavy (non-hydrogen) atoms. The summed E-state index contributed by atoms with van der Waals surface area (Å²) in [5.74, 6) is 0.330. The van der Waals surface area contributed by atoms with Crippen molar-refractivity contribution in [1.82, 2.24) is 0 Å². The Hall–Kier alpha value is -0.860. The van der Waals surface area contributed by atoms with E-state index >= 15 is 0 Å². The molecule has 108 valence electrons. The lowest BCUT2D eigenvalue weighted by Gasteiger charge is -2.47. The lowest BCUT2D eigenvalue weighted by Crippen LogP contribution is -2.44. The van der Waals surface area contributed by atoms with E-state index in [1.165, 1.54) is 16.5 Å². The zero-order chi connectivity index (χ0) is 14.4. The molecule has 1 heterocycles. The van der Waals surface area contributed by atoms with Crippen LogP contribution in [-0.2, 0) is 5.60 Å². The van der Waals surface area contributed by atoms with Gasteiger partial charge < -0.3 is 5.11 Å². The molecule has 1 aromatic carbocycles. The highest BCUT2D eigenvalue weighted by Gasteiger charge is 2.46. The van der Waals surface area contributed by atoms with Gasteiger partial charge in [0.1, 0.15) is 0 Å². The van der Waals surface area contributed by atoms with Gasteiger partial charge in [-0.15, -0.1) is 11.3 Å². The number of hydrogen-bond donors (Lipinski definition) is 1. The summed E-state index contributed by atoms with van der Waals surface area (Å²) in [4.78, 5) is 0. The molecule has 1 aromatic heterocycles. The number of thiophene rings is 1. The minimum atomic E-state index is -0.666. The molecule has 0 bridgehead atoms. The van der Waals surface area contributed by atoms with Crippen LogP contribution >= 0.6 is 11.3 Å². The maximum absolute atomic E-state index is 11.6. The Labute approximate surface area is 125 Å². The maximum Gasteiger partial charge on any atom is 0.0943 e. The fourth-order valence-electron chi connectivity index (χ4n) is 3.96. The Morgan fingerprint density at radius 1 is 1.20 bits per heavy atom. The second-order valence-corrected chi connectivity index (χ2v) is 8.15. The van der Waals surface area contributed by atoms with Crippen molar-refractivity contribution in [2.75, 3.05) is 0 Å². The Kier molecular flexibility index (Phi) is 3.42. The first-order chi connectivity index (χ1) is 9.43. The Morgan fingerprint density at radius 2 is 2.00 bits per heavy atom. The quantitative estimate of drug-likeness (QED) is 0.752. The van der Waals surface area contributed by atoms with Gasteiger partial charge in [0.2, 0.25) is 0 Å². The van der Waals surface area contributed by atoms with Crippen LogP contribution in [-0.4, -0.2) is 5.11 Å². The van der Waals surface area contributed by atoms with Gasteiger partial charge >= 0.3 is 0 Å². The van der Waals surface area contributed by atoms with Crippen LogP contribution in [0.15, 0.2) is 29.6 Å². The predicted octanol–water partition coefficient (Wildman–Crippen LogP) is 5.33. The summed E-state index contributed by atoms with van der Waals surface area (Å²) in [7, 11) is 0. The number of hydrogen-bond acceptors (Lipinski definition) is 2. The van der Waals surface area contributed by atoms with Gasteiger partial charge in [-0.25, -0.2) is 0 Å². The lowest BCUT2D eigenvalue weighted by molar-refractivity contribution is -0.0947. The minimum absolute atomic E-state index is 0.134. The summed E-state index contributed by atoms with van der Waals surface area (Å²) in [5.41, 5.74) is 0.625. The molecule has 0 saturated heterocycles. The third-order valence-electron chi connectivity index (χ3n) is 4.87. The van der Waals surface area contributed by atoms with Gasteiger partial charge in [-0.1, -0.05) is 51.8 Å². The van der Waals surface area contributed by atoms with Gasteiger partial charge in [0.15, 0.2) is 0 Å². The van der Waals surface area contributed by atoms with Gasteiger partial charge in [-0.2, -0.15) is 0 Å². The average Bonchev–Trinajstić information content (AvgIpc) is 2.85. The number of benzene rings is 1. The van der Waals surface area contributed by atoms with Gasteiger partial charge in [0, 0.05) is 10.3 Å². The number of fused-ring (bicyclic) bond motifs is 1. The van der Waals surface area contributed by atoms with E-state index in [4.69, 9.17) is 0 Å². The Bertz CT molecular complexity index is 607. The monoisotopic (exact) mass is 288 g/mol. The van der Waals surface area contributed by atoms with Gasteiger partial charge in [-0.3, -0.25) is 0 Å². The highest BCUT2D eigenvalue weighted by atomic mass is 32.1. The highest BCUT2D eigenvalue weighted by Crippen LogP contribution is 2.51. The third-order valence-corrected chi connectivity index (χ3v) is 5.83. The van der Waals surface area contributed by atoms with Gasteiger partial charge in [0.25, 0.3) is 0 Å². The molecule has 0 amide bonds. The zero-order valence-corrected chi connectivity index (χ0v) is 13.5. The van der Waals surface area contributed by atoms with Crippen LogP contribution in [0.1, 0.15) is 52.0 Å². The van der Waals surface area contributed by atoms with Gasteiger partial charge in [-0.05, 0) is 41.0 Å². The second-order valence-electron chi connectivity index (χ2n) is 7.23. The first-order valence-corrected chi connectivity index (χ1v) is 8.50. The normalized spacial score (nSPS) is 27.9. The molecular weight excluding hydrogens is 264 g/mol. The molecule has 2 atom stereocenters. The molecule has 0 radical (unpaired) electrons. The van der Waals surface area contributed by atoms with Crippen molar-refractivity contribution in [1.29, 1.82) is 0 Å². The lowest BCUT2D eigenvalue weighted by atomic mass is 9.61. The third kappa shape index (κ3) is 2.19. The van der Waals surface area contributed by atoms with Crippen molar-refractivity contribution in [2.24, 2.45) is 11.3 Å². The fraction of sp³-hybridized carbons (Fsp3) is 0.556. The van der Waals surface area contributed by atoms with Crippen LogP contribution in [0.4, 0.5) is 0 Å². The summed E-state index contributed by atoms with van der Waals surface area (Å²) >= 11 is 1.76. The van der Waals surface area contributed by atoms with Crippen molar-refractivity contribution in [2.45, 2.75) is 52.1 Å². The molecule has 1 nitrogen and oxygen atoms in total. The van der Waals surface area contributed by atoms with E-state index in [0.717, 1.165) is 24.8 Å². The van der Waals surface area contributed by atoms with Crippen LogP contribution in [0, 0.1) is 11.3 Å². The van der Waals surface area contributed by atoms with E-state index in [-0.39, 0.29) is 5.41 Å². The molecule has 1 aliphatic carbocycles. The molecule has 0 spiro atoms. The first kappa shape index (κ1) is 14.1. The minimum Gasteiger partial charge on any atom is -0.385 e. The number of rotatable bonds is 1. The molecule has 1 aliphatic rings. The molecular formula is C18H24OS. The van der Waals surface area contributed by atoms with E-state index in [2.05, 4.69) is 50.4 Å². The maximum atomic E-state index is 11.6. The number of aliphatic hydroxyl groups is 1. The Morgan fingerprint density at radius 3 is 2.75 bits per heavy atom. The highest BCUT2D eigenvalue weighted by molar-refractivity contribution is 7.17. The molecule has 2 unspecified atom stereocenters. The zero-order valence-electron chi connectivity index (χ0n) is 12.6. The Balaban J connectivity index is 2.16. The standard InChI is InChI=1S/C18H24OS/c1-17(2,3)15-9-4-5-11-18(15,19)14-8-6-7-13-10-12-20-16(13)14/h6-8,10,12,15,19H,4-5,9,11H2,1-3H3. The molecule has 1 fully saturated rings. The summed E-state index contributed by atoms with van der Waals surface area (Å²) < 4.78 is 1.27. The van der Waals surface area contributed by atoms with Crippen LogP contribution in [0.2, 0.25) is 0 Å². The smallest absolute Gasteiger partial charge is 0.0943 e. The summed E-state index contributed by atoms with van der Waals surface area (Å²) in [6.45, 7) is 6.80. The van der Waals surface area contributed by atoms with E-state index < -0.39 is 5.60 Å². The molecule has 2 aromatic rings. The van der Waals surface area contributed by atoms with Crippen LogP contribution < -0.4 is 0 Å². The largest absolute Gasteiger partial charge is 0.385 e. The van der Waals surface area contributed by atoms with Crippen molar-refractivity contribution < 1.29 is 5.11 Å². The van der Waals surface area contributed by atoms with Crippen molar-refractivity contribution in [3.63, 3.8) is 0 Å². The van der Waals surface area contributed by atoms with Crippen molar-refractivity contribution in [3.8, 4) is 0 Å². The van der Waals surface area contributed by atoms with E-state index in [9.17, 15) is 5.11 Å². The first-order valence-electron chi connectivity index (χ1n) is 7.62. The molecule has 3 rings (SSSR count). The average molecular weight is 288 g/mol. The van der Waals surface area contributed by atoms with Crippen LogP contribution in [0.5, 0.6) is 0 Å². The SMILES string of the molecule is CC(C)(C)C1CCCCC1(O)c1cccc2ccsc12. The van der Waals surface area contributed by atoms with E-state index in [0.29, 0.717) is 5.92 Å². The molecule has 1 saturated carbocycles. The van der Waals surface area contributed by atoms with E-state index in [1.807, 2.05) is 0 Å². The van der Waals surface area contributed by atoms with Gasteiger partial charge in [0.05, 0.1) is 5.60 Å². The molecule has 1 N–H and O–H groups in total. The van der Waals surface area contributed by atoms with Crippen LogP contribution in [0.3, 0.4) is 0 Å². The van der Waals surface area contributed by atoms with E-state index in [1.54, 1.807) is 11.3 Å². The summed E-state index contributed by atoms with van der Waals surface area (Å²) in [5, 5.41) is 15.0. The summed E-state index contributed by atoms with van der Waals surface area (Å²) in [6.07, 6.45) is 4.39. The van der Waals surface area contributed by atoms with Crippen molar-refractivity contribution in [3.05, 3.63) is 35.2 Å². The second kappa shape index (κ2) is 4.85. The van der Waals surface area contributed by atoms with Crippen molar-refractivity contribution >= 4 is 21.4 Å². The predicted molar refractivity (Wildman–Crippen MR) is 87.1 cm³/mol. The fourth-order valence-corrected chi connectivity index (χ4v) is 4.96. The summed E-state index contributed by atoms with van der Waals surface area (Å²) in [6, 6.07) is 8.54. The molecule has 0 aliphatic heterocycles.